The van der Waals surface area contributed by atoms with Crippen LogP contribution < -0.4 is 14.2 Å². The molecule has 0 radical (unpaired) electrons. The molecule has 5 nitrogen and oxygen atoms in total. The third kappa shape index (κ3) is 4.51. The molecule has 0 saturated heterocycles. The Hall–Kier alpha value is -2.86. The van der Waals surface area contributed by atoms with Crippen molar-refractivity contribution in [1.82, 2.24) is 4.98 Å². The van der Waals surface area contributed by atoms with Crippen LogP contribution in [0.15, 0.2) is 47.8 Å². The van der Waals surface area contributed by atoms with Gasteiger partial charge in [-0.1, -0.05) is 12.1 Å². The molecular formula is C22H23NO4S. The van der Waals surface area contributed by atoms with E-state index in [1.807, 2.05) is 49.6 Å². The molecule has 0 saturated carbocycles. The fourth-order valence-electron chi connectivity index (χ4n) is 2.84. The molecule has 0 bridgehead atoms. The van der Waals surface area contributed by atoms with Gasteiger partial charge in [-0.25, -0.2) is 4.98 Å². The molecule has 0 aliphatic heterocycles. The monoisotopic (exact) mass is 397 g/mol. The lowest BCUT2D eigenvalue weighted by Crippen LogP contribution is -2.06. The van der Waals surface area contributed by atoms with Crippen molar-refractivity contribution in [3.8, 4) is 27.8 Å². The Labute approximate surface area is 168 Å². The number of carbonyl (C=O) groups is 1. The van der Waals surface area contributed by atoms with Gasteiger partial charge in [-0.3, -0.25) is 4.79 Å². The topological polar surface area (TPSA) is 57.7 Å². The number of methoxy groups -OCH3 is 1. The first-order chi connectivity index (χ1) is 13.7. The number of hydrogen-bond donors (Lipinski definition) is 0. The van der Waals surface area contributed by atoms with Crippen LogP contribution >= 0.6 is 11.3 Å². The van der Waals surface area contributed by atoms with E-state index in [0.29, 0.717) is 30.3 Å². The van der Waals surface area contributed by atoms with Gasteiger partial charge in [0.15, 0.2) is 17.3 Å². The Morgan fingerprint density at radius 3 is 2.50 bits per heavy atom. The maximum Gasteiger partial charge on any atom is 0.172 e. The number of nitrogens with zero attached hydrogens (tertiary/aromatic N) is 1. The highest BCUT2D eigenvalue weighted by molar-refractivity contribution is 7.13. The zero-order valence-electron chi connectivity index (χ0n) is 16.2. The van der Waals surface area contributed by atoms with Gasteiger partial charge in [0.2, 0.25) is 0 Å². The number of benzene rings is 2. The summed E-state index contributed by atoms with van der Waals surface area (Å²) < 4.78 is 16.6. The van der Waals surface area contributed by atoms with Crippen molar-refractivity contribution >= 4 is 17.1 Å². The second-order valence-corrected chi connectivity index (χ2v) is 6.83. The number of carbonyl (C=O) groups excluding carboxylic acids is 1. The molecule has 28 heavy (non-hydrogen) atoms. The summed E-state index contributed by atoms with van der Waals surface area (Å²) in [4.78, 5) is 17.3. The lowest BCUT2D eigenvalue weighted by molar-refractivity contribution is 0.0989. The molecule has 0 aliphatic rings. The highest BCUT2D eigenvalue weighted by Gasteiger charge is 2.15. The number of rotatable bonds is 9. The average Bonchev–Trinajstić information content (AvgIpc) is 3.18. The van der Waals surface area contributed by atoms with Crippen molar-refractivity contribution in [2.24, 2.45) is 0 Å². The molecule has 0 fully saturated rings. The van der Waals surface area contributed by atoms with E-state index in [0.717, 1.165) is 22.0 Å². The first-order valence-electron chi connectivity index (χ1n) is 9.16. The molecule has 2 aromatic carbocycles. The first-order valence-corrected chi connectivity index (χ1v) is 10.0. The predicted molar refractivity (Wildman–Crippen MR) is 111 cm³/mol. The molecule has 0 amide bonds. The molecule has 0 unspecified atom stereocenters. The van der Waals surface area contributed by atoms with Gasteiger partial charge in [0.25, 0.3) is 0 Å². The van der Waals surface area contributed by atoms with E-state index in [1.54, 1.807) is 19.2 Å². The Morgan fingerprint density at radius 1 is 1.00 bits per heavy atom. The molecule has 146 valence electrons. The summed E-state index contributed by atoms with van der Waals surface area (Å²) in [6.07, 6.45) is 0.228. The van der Waals surface area contributed by atoms with Crippen LogP contribution in [-0.2, 0) is 6.42 Å². The quantitative estimate of drug-likeness (QED) is 0.473. The van der Waals surface area contributed by atoms with E-state index in [4.69, 9.17) is 14.2 Å². The molecule has 0 aliphatic carbocycles. The van der Waals surface area contributed by atoms with E-state index in [-0.39, 0.29) is 12.2 Å². The molecule has 6 heteroatoms. The standard InChI is InChI=1S/C22H23NO4S/c1-4-26-20-11-10-15(12-21(20)27-5-2)22-23-16(14-28-22)13-18(24)17-8-6-7-9-19(17)25-3/h6-12,14H,4-5,13H2,1-3H3. The van der Waals surface area contributed by atoms with E-state index in [2.05, 4.69) is 4.98 Å². The first kappa shape index (κ1) is 19.9. The fourth-order valence-corrected chi connectivity index (χ4v) is 3.66. The summed E-state index contributed by atoms with van der Waals surface area (Å²) in [5.74, 6) is 1.98. The van der Waals surface area contributed by atoms with E-state index in [1.165, 1.54) is 11.3 Å². The number of thiazole rings is 1. The van der Waals surface area contributed by atoms with Gasteiger partial charge in [0, 0.05) is 10.9 Å². The van der Waals surface area contributed by atoms with Crippen molar-refractivity contribution < 1.29 is 19.0 Å². The van der Waals surface area contributed by atoms with Crippen molar-refractivity contribution in [3.05, 3.63) is 59.1 Å². The van der Waals surface area contributed by atoms with Gasteiger partial charge in [-0.05, 0) is 44.2 Å². The molecule has 0 atom stereocenters. The second kappa shape index (κ2) is 9.37. The van der Waals surface area contributed by atoms with Crippen LogP contribution in [0.5, 0.6) is 17.2 Å². The molecule has 3 rings (SSSR count). The second-order valence-electron chi connectivity index (χ2n) is 5.97. The summed E-state index contributed by atoms with van der Waals surface area (Å²) in [5, 5.41) is 2.76. The molecule has 0 spiro atoms. The van der Waals surface area contributed by atoms with Crippen LogP contribution in [-0.4, -0.2) is 31.1 Å². The van der Waals surface area contributed by atoms with Gasteiger partial charge in [-0.15, -0.1) is 11.3 Å². The fraction of sp³-hybridized carbons (Fsp3) is 0.273. The number of ketones is 1. The maximum absolute atomic E-state index is 12.6. The Balaban J connectivity index is 1.80. The molecular weight excluding hydrogens is 374 g/mol. The molecule has 0 N–H and O–H groups in total. The Bertz CT molecular complexity index is 951. The van der Waals surface area contributed by atoms with Crippen molar-refractivity contribution in [2.45, 2.75) is 20.3 Å². The predicted octanol–water partition coefficient (Wildman–Crippen LogP) is 5.04. The molecule has 1 aromatic heterocycles. The van der Waals surface area contributed by atoms with Gasteiger partial charge >= 0.3 is 0 Å². The Morgan fingerprint density at radius 2 is 1.75 bits per heavy atom. The maximum atomic E-state index is 12.6. The highest BCUT2D eigenvalue weighted by Crippen LogP contribution is 2.34. The van der Waals surface area contributed by atoms with Crippen molar-refractivity contribution in [3.63, 3.8) is 0 Å². The van der Waals surface area contributed by atoms with Crippen molar-refractivity contribution in [2.75, 3.05) is 20.3 Å². The normalized spacial score (nSPS) is 10.5. The zero-order chi connectivity index (χ0) is 19.9. The third-order valence-corrected chi connectivity index (χ3v) is 5.03. The van der Waals surface area contributed by atoms with Crippen LogP contribution in [0.3, 0.4) is 0 Å². The summed E-state index contributed by atoms with van der Waals surface area (Å²) in [6, 6.07) is 13.0. The zero-order valence-corrected chi connectivity index (χ0v) is 17.0. The Kier molecular flexibility index (Phi) is 6.66. The lowest BCUT2D eigenvalue weighted by atomic mass is 10.1. The number of Topliss-reactive ketones (excluding diaryl/α,β-unsaturated/α-hetero) is 1. The van der Waals surface area contributed by atoms with E-state index in [9.17, 15) is 4.79 Å². The minimum atomic E-state index is -0.0176. The van der Waals surface area contributed by atoms with Gasteiger partial charge in [-0.2, -0.15) is 0 Å². The summed E-state index contributed by atoms with van der Waals surface area (Å²) >= 11 is 1.50. The van der Waals surface area contributed by atoms with E-state index >= 15 is 0 Å². The van der Waals surface area contributed by atoms with Crippen molar-refractivity contribution in [1.29, 1.82) is 0 Å². The lowest BCUT2D eigenvalue weighted by Gasteiger charge is -2.11. The van der Waals surface area contributed by atoms with Gasteiger partial charge < -0.3 is 14.2 Å². The number of aromatic nitrogens is 1. The largest absolute Gasteiger partial charge is 0.496 e. The minimum absolute atomic E-state index is 0.0176. The SMILES string of the molecule is CCOc1ccc(-c2nc(CC(=O)c3ccccc3OC)cs2)cc1OCC. The molecule has 3 aromatic rings. The van der Waals surface area contributed by atoms with Crippen LogP contribution in [0.2, 0.25) is 0 Å². The van der Waals surface area contributed by atoms with Crippen LogP contribution in [0.4, 0.5) is 0 Å². The van der Waals surface area contributed by atoms with Gasteiger partial charge in [0.1, 0.15) is 10.8 Å². The number of para-hydroxylation sites is 1. The van der Waals surface area contributed by atoms with Crippen LogP contribution in [0.25, 0.3) is 10.6 Å². The summed E-state index contributed by atoms with van der Waals surface area (Å²) in [5.41, 5.74) is 2.25. The highest BCUT2D eigenvalue weighted by atomic mass is 32.1. The minimum Gasteiger partial charge on any atom is -0.496 e. The average molecular weight is 397 g/mol. The third-order valence-electron chi connectivity index (χ3n) is 4.09. The van der Waals surface area contributed by atoms with Crippen LogP contribution in [0, 0.1) is 0 Å². The van der Waals surface area contributed by atoms with E-state index < -0.39 is 0 Å². The van der Waals surface area contributed by atoms with Gasteiger partial charge in [0.05, 0.1) is 38.0 Å². The smallest absolute Gasteiger partial charge is 0.172 e. The van der Waals surface area contributed by atoms with Crippen LogP contribution in [0.1, 0.15) is 29.9 Å². The number of ether oxygens (including phenoxy) is 3. The summed E-state index contributed by atoms with van der Waals surface area (Å²) in [7, 11) is 1.56. The number of hydrogen-bond acceptors (Lipinski definition) is 6. The summed E-state index contributed by atoms with van der Waals surface area (Å²) in [6.45, 7) is 5.01. The molecule has 1 heterocycles.